The number of aryl methyl sites for hydroxylation is 1. The normalized spacial score (nSPS) is 21.4. The summed E-state index contributed by atoms with van der Waals surface area (Å²) in [6.45, 7) is 4.10. The van der Waals surface area contributed by atoms with Crippen LogP contribution in [0.2, 0.25) is 0 Å². The van der Waals surface area contributed by atoms with E-state index in [-0.39, 0.29) is 0 Å². The van der Waals surface area contributed by atoms with Crippen LogP contribution in [-0.4, -0.2) is 32.7 Å². The highest BCUT2D eigenvalue weighted by Crippen LogP contribution is 2.20. The highest BCUT2D eigenvalue weighted by molar-refractivity contribution is 5.28. The van der Waals surface area contributed by atoms with E-state index in [0.29, 0.717) is 11.7 Å². The van der Waals surface area contributed by atoms with Crippen LogP contribution < -0.4 is 5.32 Å². The third-order valence-electron chi connectivity index (χ3n) is 3.00. The van der Waals surface area contributed by atoms with Crippen molar-refractivity contribution in [3.63, 3.8) is 0 Å². The predicted molar refractivity (Wildman–Crippen MR) is 60.4 cm³/mol. The van der Waals surface area contributed by atoms with Crippen LogP contribution in [0, 0.1) is 6.92 Å². The van der Waals surface area contributed by atoms with E-state index in [4.69, 9.17) is 0 Å². The minimum atomic E-state index is 0.441. The van der Waals surface area contributed by atoms with E-state index in [1.807, 2.05) is 19.3 Å². The Bertz CT molecular complexity index is 498. The third kappa shape index (κ3) is 1.67. The second kappa shape index (κ2) is 3.83. The second-order valence-corrected chi connectivity index (χ2v) is 4.39. The predicted octanol–water partition coefficient (Wildman–Crippen LogP) is 0.900. The first-order valence-corrected chi connectivity index (χ1v) is 5.72. The summed E-state index contributed by atoms with van der Waals surface area (Å²) in [6, 6.07) is 0. The van der Waals surface area contributed by atoms with Crippen LogP contribution in [0.1, 0.15) is 30.1 Å². The largest absolute Gasteiger partial charge is 0.316 e. The minimum absolute atomic E-state index is 0.441. The van der Waals surface area contributed by atoms with Crippen molar-refractivity contribution in [1.29, 1.82) is 0 Å². The Balaban J connectivity index is 1.97. The number of nitrogens with one attached hydrogen (secondary N) is 1. The lowest BCUT2D eigenvalue weighted by Crippen LogP contribution is -2.28. The lowest BCUT2D eigenvalue weighted by molar-refractivity contribution is 0.447. The topological polar surface area (TPSA) is 55.1 Å². The van der Waals surface area contributed by atoms with Gasteiger partial charge in [0.05, 0.1) is 0 Å². The molecule has 0 amide bonds. The van der Waals surface area contributed by atoms with E-state index in [1.165, 1.54) is 12.8 Å². The maximum atomic E-state index is 4.50. The molecule has 1 saturated heterocycles. The summed E-state index contributed by atoms with van der Waals surface area (Å²) in [5.74, 6) is 2.06. The molecule has 0 aliphatic carbocycles. The molecule has 5 heteroatoms. The molecular formula is C11H15N5. The van der Waals surface area contributed by atoms with Crippen molar-refractivity contribution >= 4 is 5.78 Å². The summed E-state index contributed by atoms with van der Waals surface area (Å²) >= 11 is 0. The van der Waals surface area contributed by atoms with Gasteiger partial charge in [0, 0.05) is 24.9 Å². The molecule has 1 N–H and O–H groups in total. The lowest BCUT2D eigenvalue weighted by Gasteiger charge is -2.19. The van der Waals surface area contributed by atoms with E-state index in [2.05, 4.69) is 20.4 Å². The number of hydrogen-bond donors (Lipinski definition) is 1. The maximum Gasteiger partial charge on any atom is 0.252 e. The molecule has 1 aliphatic heterocycles. The van der Waals surface area contributed by atoms with Gasteiger partial charge in [-0.15, -0.1) is 5.10 Å². The average molecular weight is 217 g/mol. The van der Waals surface area contributed by atoms with Crippen LogP contribution in [0.3, 0.4) is 0 Å². The minimum Gasteiger partial charge on any atom is -0.316 e. The number of piperidine rings is 1. The molecule has 0 aromatic carbocycles. The van der Waals surface area contributed by atoms with Crippen LogP contribution in [0.4, 0.5) is 0 Å². The average Bonchev–Trinajstić information content (AvgIpc) is 2.73. The quantitative estimate of drug-likeness (QED) is 0.771. The fourth-order valence-electron chi connectivity index (χ4n) is 2.14. The van der Waals surface area contributed by atoms with E-state index in [1.54, 1.807) is 4.52 Å². The van der Waals surface area contributed by atoms with Gasteiger partial charge >= 0.3 is 0 Å². The Morgan fingerprint density at radius 1 is 1.50 bits per heavy atom. The van der Waals surface area contributed by atoms with Crippen molar-refractivity contribution in [2.45, 2.75) is 25.7 Å². The Morgan fingerprint density at radius 2 is 2.44 bits per heavy atom. The molecule has 1 fully saturated rings. The van der Waals surface area contributed by atoms with Gasteiger partial charge in [0.2, 0.25) is 0 Å². The molecule has 5 nitrogen and oxygen atoms in total. The molecule has 3 rings (SSSR count). The summed E-state index contributed by atoms with van der Waals surface area (Å²) in [5, 5.41) is 7.88. The molecule has 2 aromatic rings. The standard InChI is InChI=1S/C11H15N5/c1-8-5-13-11-14-10(15-16(11)7-8)9-3-2-4-12-6-9/h5,7,9,12H,2-4,6H2,1H3. The monoisotopic (exact) mass is 217 g/mol. The summed E-state index contributed by atoms with van der Waals surface area (Å²) in [7, 11) is 0. The van der Waals surface area contributed by atoms with Gasteiger partial charge in [0.15, 0.2) is 5.82 Å². The van der Waals surface area contributed by atoms with Crippen molar-refractivity contribution in [2.75, 3.05) is 13.1 Å². The van der Waals surface area contributed by atoms with Crippen LogP contribution in [0.15, 0.2) is 12.4 Å². The molecule has 0 bridgehead atoms. The molecular weight excluding hydrogens is 202 g/mol. The summed E-state index contributed by atoms with van der Waals surface area (Å²) in [5.41, 5.74) is 1.10. The number of hydrogen-bond acceptors (Lipinski definition) is 4. The van der Waals surface area contributed by atoms with Gasteiger partial charge in [0.25, 0.3) is 5.78 Å². The fourth-order valence-corrected chi connectivity index (χ4v) is 2.14. The lowest BCUT2D eigenvalue weighted by atomic mass is 9.99. The molecule has 84 valence electrons. The Morgan fingerprint density at radius 3 is 3.25 bits per heavy atom. The van der Waals surface area contributed by atoms with Crippen molar-refractivity contribution < 1.29 is 0 Å². The number of nitrogens with zero attached hydrogens (tertiary/aromatic N) is 4. The molecule has 1 unspecified atom stereocenters. The van der Waals surface area contributed by atoms with Crippen LogP contribution in [0.25, 0.3) is 5.78 Å². The van der Waals surface area contributed by atoms with Crippen molar-refractivity contribution in [1.82, 2.24) is 24.9 Å². The molecule has 0 saturated carbocycles. The molecule has 1 atom stereocenters. The van der Waals surface area contributed by atoms with Gasteiger partial charge in [0.1, 0.15) is 0 Å². The van der Waals surface area contributed by atoms with E-state index in [9.17, 15) is 0 Å². The highest BCUT2D eigenvalue weighted by Gasteiger charge is 2.19. The summed E-state index contributed by atoms with van der Waals surface area (Å²) in [4.78, 5) is 8.74. The smallest absolute Gasteiger partial charge is 0.252 e. The molecule has 3 heterocycles. The first-order chi connectivity index (χ1) is 7.83. The molecule has 0 spiro atoms. The van der Waals surface area contributed by atoms with Gasteiger partial charge in [-0.1, -0.05) is 0 Å². The fraction of sp³-hybridized carbons (Fsp3) is 0.545. The first-order valence-electron chi connectivity index (χ1n) is 5.72. The van der Waals surface area contributed by atoms with E-state index < -0.39 is 0 Å². The van der Waals surface area contributed by atoms with Crippen molar-refractivity contribution in [3.8, 4) is 0 Å². The van der Waals surface area contributed by atoms with Crippen molar-refractivity contribution in [3.05, 3.63) is 23.8 Å². The summed E-state index contributed by atoms with van der Waals surface area (Å²) < 4.78 is 1.78. The molecule has 16 heavy (non-hydrogen) atoms. The Hall–Kier alpha value is -1.49. The summed E-state index contributed by atoms with van der Waals surface area (Å²) in [6.07, 6.45) is 6.16. The van der Waals surface area contributed by atoms with E-state index in [0.717, 1.165) is 24.5 Å². The second-order valence-electron chi connectivity index (χ2n) is 4.39. The number of aromatic nitrogens is 4. The zero-order valence-corrected chi connectivity index (χ0v) is 9.35. The first kappa shape index (κ1) is 9.72. The molecule has 2 aromatic heterocycles. The number of fused-ring (bicyclic) bond motifs is 1. The highest BCUT2D eigenvalue weighted by atomic mass is 15.3. The zero-order chi connectivity index (χ0) is 11.0. The van der Waals surface area contributed by atoms with Gasteiger partial charge < -0.3 is 5.32 Å². The van der Waals surface area contributed by atoms with Gasteiger partial charge in [-0.25, -0.2) is 9.50 Å². The molecule has 0 radical (unpaired) electrons. The number of rotatable bonds is 1. The van der Waals surface area contributed by atoms with Gasteiger partial charge in [-0.2, -0.15) is 4.98 Å². The van der Waals surface area contributed by atoms with Gasteiger partial charge in [-0.3, -0.25) is 0 Å². The maximum absolute atomic E-state index is 4.50. The van der Waals surface area contributed by atoms with E-state index >= 15 is 0 Å². The van der Waals surface area contributed by atoms with Crippen molar-refractivity contribution in [2.24, 2.45) is 0 Å². The van der Waals surface area contributed by atoms with Gasteiger partial charge in [-0.05, 0) is 31.9 Å². The Kier molecular flexibility index (Phi) is 2.32. The van der Waals surface area contributed by atoms with Crippen LogP contribution >= 0.6 is 0 Å². The SMILES string of the molecule is Cc1cnc2nc(C3CCCNC3)nn2c1. The van der Waals surface area contributed by atoms with Crippen LogP contribution in [-0.2, 0) is 0 Å². The van der Waals surface area contributed by atoms with Crippen LogP contribution in [0.5, 0.6) is 0 Å². The third-order valence-corrected chi connectivity index (χ3v) is 3.00. The zero-order valence-electron chi connectivity index (χ0n) is 9.35. The molecule has 1 aliphatic rings. The Labute approximate surface area is 93.9 Å².